The zero-order chi connectivity index (χ0) is 34.7. The van der Waals surface area contributed by atoms with E-state index < -0.39 is 0 Å². The van der Waals surface area contributed by atoms with Crippen LogP contribution in [0.25, 0.3) is 78.4 Å². The van der Waals surface area contributed by atoms with Gasteiger partial charge in [-0.15, -0.1) is 0 Å². The summed E-state index contributed by atoms with van der Waals surface area (Å²) in [6.07, 6.45) is 10.2. The monoisotopic (exact) mass is 667 g/mol. The first kappa shape index (κ1) is 31.0. The van der Waals surface area contributed by atoms with Gasteiger partial charge in [-0.2, -0.15) is 0 Å². The van der Waals surface area contributed by atoms with Crippen LogP contribution in [0.3, 0.4) is 0 Å². The lowest BCUT2D eigenvalue weighted by molar-refractivity contribution is 0.747. The van der Waals surface area contributed by atoms with E-state index in [0.29, 0.717) is 17.5 Å². The van der Waals surface area contributed by atoms with Crippen molar-refractivity contribution in [3.05, 3.63) is 194 Å². The van der Waals surface area contributed by atoms with E-state index in [9.17, 15) is 0 Å². The summed E-state index contributed by atoms with van der Waals surface area (Å²) in [5.41, 5.74) is 10.6. The minimum absolute atomic E-state index is 0.0533. The van der Waals surface area contributed by atoms with Gasteiger partial charge in [0, 0.05) is 28.5 Å². The highest BCUT2D eigenvalue weighted by Crippen LogP contribution is 2.41. The predicted molar refractivity (Wildman–Crippen MR) is 212 cm³/mol. The fourth-order valence-corrected chi connectivity index (χ4v) is 6.87. The van der Waals surface area contributed by atoms with Gasteiger partial charge >= 0.3 is 0 Å². The van der Waals surface area contributed by atoms with Gasteiger partial charge in [0.2, 0.25) is 0 Å². The molecule has 0 bridgehead atoms. The van der Waals surface area contributed by atoms with Crippen LogP contribution in [-0.4, -0.2) is 19.9 Å². The highest BCUT2D eigenvalue weighted by molar-refractivity contribution is 6.04. The van der Waals surface area contributed by atoms with Crippen LogP contribution in [0.1, 0.15) is 11.6 Å². The highest BCUT2D eigenvalue weighted by atomic mass is 15.0. The molecule has 0 radical (unpaired) electrons. The van der Waals surface area contributed by atoms with Crippen molar-refractivity contribution in [3.63, 3.8) is 0 Å². The molecule has 52 heavy (non-hydrogen) atoms. The summed E-state index contributed by atoms with van der Waals surface area (Å²) in [5, 5.41) is 5.89. The number of hydrogen-bond acceptors (Lipinski definition) is 5. The third kappa shape index (κ3) is 6.16. The average molecular weight is 668 g/mol. The summed E-state index contributed by atoms with van der Waals surface area (Å²) in [4.78, 5) is 19.5. The predicted octanol–water partition coefficient (Wildman–Crippen LogP) is 11.1. The third-order valence-corrected chi connectivity index (χ3v) is 9.43. The van der Waals surface area contributed by atoms with Crippen molar-refractivity contribution >= 4 is 10.8 Å². The number of hydrogen-bond donors (Lipinski definition) is 1. The molecular formula is C47H33N5. The van der Waals surface area contributed by atoms with E-state index in [4.69, 9.17) is 19.9 Å². The lowest BCUT2D eigenvalue weighted by atomic mass is 9.87. The van der Waals surface area contributed by atoms with E-state index in [0.717, 1.165) is 44.6 Å². The number of allylic oxidation sites excluding steroid dienone is 2. The van der Waals surface area contributed by atoms with Crippen LogP contribution in [0.15, 0.2) is 188 Å². The Labute approximate surface area is 302 Å². The molecule has 0 amide bonds. The fraction of sp³-hybridized carbons (Fsp3) is 0.0213. The zero-order valence-electron chi connectivity index (χ0n) is 28.3. The summed E-state index contributed by atoms with van der Waals surface area (Å²) in [7, 11) is 0. The van der Waals surface area contributed by atoms with Gasteiger partial charge in [0.1, 0.15) is 0 Å². The van der Waals surface area contributed by atoms with E-state index in [-0.39, 0.29) is 6.04 Å². The topological polar surface area (TPSA) is 63.6 Å². The SMILES string of the molecule is C1=CNC(c2cc(-c3ccccn3)cc(-c3ccc4ccccc4c3-c3ccc(-c4nc(-c5ccccc5)nc(-c5ccccc5)n4)cc3)c2)C=C1. The molecule has 246 valence electrons. The Morgan fingerprint density at radius 1 is 0.462 bits per heavy atom. The molecule has 1 atom stereocenters. The molecule has 2 aromatic heterocycles. The second-order valence-corrected chi connectivity index (χ2v) is 12.8. The Bertz CT molecular complexity index is 2520. The molecule has 0 saturated heterocycles. The van der Waals surface area contributed by atoms with E-state index in [1.165, 1.54) is 21.9 Å². The largest absolute Gasteiger partial charge is 0.381 e. The van der Waals surface area contributed by atoms with E-state index in [1.54, 1.807) is 0 Å². The molecule has 5 heteroatoms. The normalized spacial score (nSPS) is 13.6. The van der Waals surface area contributed by atoms with Gasteiger partial charge in [0.05, 0.1) is 11.7 Å². The number of fused-ring (bicyclic) bond motifs is 1. The van der Waals surface area contributed by atoms with E-state index in [2.05, 4.69) is 102 Å². The number of benzene rings is 6. The van der Waals surface area contributed by atoms with Crippen molar-refractivity contribution in [2.45, 2.75) is 6.04 Å². The number of dihydropyridines is 1. The first-order chi connectivity index (χ1) is 25.8. The zero-order valence-corrected chi connectivity index (χ0v) is 28.3. The summed E-state index contributed by atoms with van der Waals surface area (Å²) < 4.78 is 0. The van der Waals surface area contributed by atoms with Crippen LogP contribution in [0.5, 0.6) is 0 Å². The molecule has 8 aromatic rings. The second-order valence-electron chi connectivity index (χ2n) is 12.8. The van der Waals surface area contributed by atoms with Crippen molar-refractivity contribution in [1.82, 2.24) is 25.3 Å². The van der Waals surface area contributed by atoms with Crippen LogP contribution < -0.4 is 5.32 Å². The lowest BCUT2D eigenvalue weighted by Gasteiger charge is -2.20. The van der Waals surface area contributed by atoms with Crippen molar-refractivity contribution < 1.29 is 0 Å². The van der Waals surface area contributed by atoms with Crippen molar-refractivity contribution in [1.29, 1.82) is 0 Å². The molecule has 1 unspecified atom stereocenters. The Hall–Kier alpha value is -6.98. The maximum Gasteiger partial charge on any atom is 0.164 e. The van der Waals surface area contributed by atoms with Crippen LogP contribution in [0.2, 0.25) is 0 Å². The molecule has 1 aliphatic rings. The van der Waals surface area contributed by atoms with Gasteiger partial charge in [-0.1, -0.05) is 140 Å². The molecule has 1 N–H and O–H groups in total. The van der Waals surface area contributed by atoms with Gasteiger partial charge in [0.15, 0.2) is 17.5 Å². The number of aromatic nitrogens is 4. The van der Waals surface area contributed by atoms with E-state index >= 15 is 0 Å². The first-order valence-corrected chi connectivity index (χ1v) is 17.4. The molecule has 1 aliphatic heterocycles. The molecule has 9 rings (SSSR count). The van der Waals surface area contributed by atoms with E-state index in [1.807, 2.05) is 91.3 Å². The van der Waals surface area contributed by atoms with Gasteiger partial charge < -0.3 is 5.32 Å². The smallest absolute Gasteiger partial charge is 0.164 e. The summed E-state index contributed by atoms with van der Waals surface area (Å²) in [6, 6.07) is 54.8. The minimum Gasteiger partial charge on any atom is -0.381 e. The molecule has 0 fully saturated rings. The molecule has 5 nitrogen and oxygen atoms in total. The first-order valence-electron chi connectivity index (χ1n) is 17.4. The molecule has 0 saturated carbocycles. The molecule has 3 heterocycles. The van der Waals surface area contributed by atoms with Crippen molar-refractivity contribution in [3.8, 4) is 67.7 Å². The van der Waals surface area contributed by atoms with Crippen LogP contribution in [0, 0.1) is 0 Å². The van der Waals surface area contributed by atoms with Gasteiger partial charge in [-0.3, -0.25) is 4.98 Å². The Balaban J connectivity index is 1.19. The van der Waals surface area contributed by atoms with Gasteiger partial charge in [0.25, 0.3) is 0 Å². The molecular weight excluding hydrogens is 635 g/mol. The Morgan fingerprint density at radius 3 is 1.73 bits per heavy atom. The summed E-state index contributed by atoms with van der Waals surface area (Å²) in [6.45, 7) is 0. The average Bonchev–Trinajstić information content (AvgIpc) is 3.24. The van der Waals surface area contributed by atoms with Crippen LogP contribution in [0.4, 0.5) is 0 Å². The maximum absolute atomic E-state index is 4.97. The van der Waals surface area contributed by atoms with Crippen LogP contribution in [-0.2, 0) is 0 Å². The molecule has 6 aromatic carbocycles. The summed E-state index contributed by atoms with van der Waals surface area (Å²) >= 11 is 0. The van der Waals surface area contributed by atoms with Crippen molar-refractivity contribution in [2.24, 2.45) is 0 Å². The highest BCUT2D eigenvalue weighted by Gasteiger charge is 2.18. The number of pyridine rings is 1. The quantitative estimate of drug-likeness (QED) is 0.183. The Morgan fingerprint density at radius 2 is 1.08 bits per heavy atom. The third-order valence-electron chi connectivity index (χ3n) is 9.43. The van der Waals surface area contributed by atoms with Crippen molar-refractivity contribution in [2.75, 3.05) is 0 Å². The number of rotatable bonds is 7. The number of nitrogens with one attached hydrogen (secondary N) is 1. The maximum atomic E-state index is 4.97. The standard InChI is InChI=1S/C47H33N5/c1-3-14-34(15-4-1)45-50-46(35-16-5-2-6-17-35)52-47(51-45)36-23-21-33(22-24-36)44-40-18-8-7-13-32(40)25-26-41(44)37-29-38(42-19-9-11-27-48-42)31-39(30-37)43-20-10-12-28-49-43/h1-31,42,48H. The van der Waals surface area contributed by atoms with Gasteiger partial charge in [-0.05, 0) is 81.2 Å². The molecule has 0 spiro atoms. The fourth-order valence-electron chi connectivity index (χ4n) is 6.87. The second kappa shape index (κ2) is 13.7. The summed E-state index contributed by atoms with van der Waals surface area (Å²) in [5.74, 6) is 1.92. The molecule has 0 aliphatic carbocycles. The van der Waals surface area contributed by atoms with Gasteiger partial charge in [-0.25, -0.2) is 15.0 Å². The number of nitrogens with zero attached hydrogens (tertiary/aromatic N) is 4. The lowest BCUT2D eigenvalue weighted by Crippen LogP contribution is -2.15. The van der Waals surface area contributed by atoms with Crippen LogP contribution >= 0.6 is 0 Å². The Kier molecular flexibility index (Phi) is 8.20. The minimum atomic E-state index is 0.0533.